The van der Waals surface area contributed by atoms with Gasteiger partial charge in [-0.05, 0) is 30.3 Å². The van der Waals surface area contributed by atoms with Crippen molar-refractivity contribution in [2.45, 2.75) is 4.90 Å². The van der Waals surface area contributed by atoms with Crippen molar-refractivity contribution in [3.8, 4) is 11.5 Å². The molecule has 0 radical (unpaired) electrons. The molecule has 0 aliphatic carbocycles. The van der Waals surface area contributed by atoms with Crippen molar-refractivity contribution in [1.29, 1.82) is 0 Å². The summed E-state index contributed by atoms with van der Waals surface area (Å²) in [5.41, 5.74) is 0.744. The minimum absolute atomic E-state index is 0.245. The average Bonchev–Trinajstić information content (AvgIpc) is 2.52. The third kappa shape index (κ3) is 3.80. The Morgan fingerprint density at radius 1 is 1.00 bits per heavy atom. The van der Waals surface area contributed by atoms with Gasteiger partial charge >= 0.3 is 0 Å². The first-order valence-corrected chi connectivity index (χ1v) is 7.59. The Kier molecular flexibility index (Phi) is 4.74. The highest BCUT2D eigenvalue weighted by Crippen LogP contribution is 2.32. The molecule has 2 aromatic carbocycles. The summed E-state index contributed by atoms with van der Waals surface area (Å²) in [6.07, 6.45) is 0. The molecule has 0 bridgehead atoms. The zero-order chi connectivity index (χ0) is 16.2. The first-order chi connectivity index (χ1) is 10.4. The van der Waals surface area contributed by atoms with E-state index in [1.165, 1.54) is 32.4 Å². The van der Waals surface area contributed by atoms with E-state index in [9.17, 15) is 8.42 Å². The van der Waals surface area contributed by atoms with Crippen LogP contribution in [0.3, 0.4) is 0 Å². The largest absolute Gasteiger partial charge is 0.497 e. The molecule has 0 aliphatic rings. The summed E-state index contributed by atoms with van der Waals surface area (Å²) < 4.78 is 41.4. The summed E-state index contributed by atoms with van der Waals surface area (Å²) in [4.78, 5) is -0.245. The molecule has 116 valence electrons. The highest BCUT2D eigenvalue weighted by molar-refractivity contribution is 7.85. The van der Waals surface area contributed by atoms with Crippen molar-refractivity contribution in [2.75, 3.05) is 14.2 Å². The number of ether oxygens (including phenoxy) is 2. The van der Waals surface area contributed by atoms with Crippen LogP contribution in [0.25, 0.3) is 0 Å². The highest BCUT2D eigenvalue weighted by Gasteiger charge is 2.09. The van der Waals surface area contributed by atoms with Crippen molar-refractivity contribution < 1.29 is 22.4 Å². The van der Waals surface area contributed by atoms with Crippen molar-refractivity contribution in [2.24, 2.45) is 10.2 Å². The second-order valence-corrected chi connectivity index (χ2v) is 5.63. The van der Waals surface area contributed by atoms with Gasteiger partial charge in [-0.2, -0.15) is 13.5 Å². The molecule has 1 N–H and O–H groups in total. The monoisotopic (exact) mass is 322 g/mol. The van der Waals surface area contributed by atoms with Gasteiger partial charge in [0, 0.05) is 6.07 Å². The van der Waals surface area contributed by atoms with Gasteiger partial charge in [0.2, 0.25) is 0 Å². The molecule has 0 unspecified atom stereocenters. The van der Waals surface area contributed by atoms with E-state index in [4.69, 9.17) is 14.0 Å². The Balaban J connectivity index is 2.33. The van der Waals surface area contributed by atoms with Crippen LogP contribution >= 0.6 is 0 Å². The molecule has 7 nitrogen and oxygen atoms in total. The Hall–Kier alpha value is -2.45. The maximum absolute atomic E-state index is 11.1. The van der Waals surface area contributed by atoms with E-state index in [0.717, 1.165) is 0 Å². The van der Waals surface area contributed by atoms with Crippen LogP contribution in [0, 0.1) is 0 Å². The summed E-state index contributed by atoms with van der Waals surface area (Å²) in [5, 5.41) is 7.96. The van der Waals surface area contributed by atoms with Crippen LogP contribution in [0.2, 0.25) is 0 Å². The summed E-state index contributed by atoms with van der Waals surface area (Å²) in [6, 6.07) is 10.5. The molecule has 0 fully saturated rings. The quantitative estimate of drug-likeness (QED) is 0.672. The van der Waals surface area contributed by atoms with Crippen LogP contribution in [-0.4, -0.2) is 27.2 Å². The minimum Gasteiger partial charge on any atom is -0.497 e. The molecule has 0 amide bonds. The molecular weight excluding hydrogens is 308 g/mol. The lowest BCUT2D eigenvalue weighted by Crippen LogP contribution is -1.96. The Morgan fingerprint density at radius 2 is 1.77 bits per heavy atom. The number of methoxy groups -OCH3 is 2. The third-order valence-electron chi connectivity index (χ3n) is 2.78. The Labute approximate surface area is 128 Å². The van der Waals surface area contributed by atoms with E-state index in [2.05, 4.69) is 10.2 Å². The molecule has 22 heavy (non-hydrogen) atoms. The Morgan fingerprint density at radius 3 is 2.41 bits per heavy atom. The molecule has 8 heteroatoms. The van der Waals surface area contributed by atoms with E-state index >= 15 is 0 Å². The molecule has 2 aromatic rings. The summed E-state index contributed by atoms with van der Waals surface area (Å²) in [5.74, 6) is 1.08. The van der Waals surface area contributed by atoms with Gasteiger partial charge in [0.1, 0.15) is 17.2 Å². The Bertz CT molecular complexity index is 803. The van der Waals surface area contributed by atoms with Gasteiger partial charge in [0.05, 0.1) is 24.8 Å². The van der Waals surface area contributed by atoms with Gasteiger partial charge in [0.25, 0.3) is 10.1 Å². The fourth-order valence-electron chi connectivity index (χ4n) is 1.69. The van der Waals surface area contributed by atoms with Gasteiger partial charge in [-0.3, -0.25) is 4.55 Å². The zero-order valence-corrected chi connectivity index (χ0v) is 12.7. The van der Waals surface area contributed by atoms with Crippen molar-refractivity contribution in [3.05, 3.63) is 42.5 Å². The summed E-state index contributed by atoms with van der Waals surface area (Å²) in [7, 11) is -1.24. The fraction of sp³-hybridized carbons (Fsp3) is 0.143. The maximum atomic E-state index is 11.1. The second kappa shape index (κ2) is 6.54. The highest BCUT2D eigenvalue weighted by atomic mass is 32.2. The standard InChI is InChI=1S/C14H14N2O5S/c1-20-11-6-7-13(14(9-11)21-2)16-15-10-4-3-5-12(8-10)22(17,18)19/h3-9H,1-2H3,(H,17,18,19). The predicted octanol–water partition coefficient (Wildman–Crippen LogP) is 3.37. The molecular formula is C14H14N2O5S. The average molecular weight is 322 g/mol. The molecule has 0 aromatic heterocycles. The van der Waals surface area contributed by atoms with E-state index in [-0.39, 0.29) is 10.6 Å². The first-order valence-electron chi connectivity index (χ1n) is 6.15. The summed E-state index contributed by atoms with van der Waals surface area (Å²) >= 11 is 0. The second-order valence-electron chi connectivity index (χ2n) is 4.21. The summed E-state index contributed by atoms with van der Waals surface area (Å²) in [6.45, 7) is 0. The van der Waals surface area contributed by atoms with Crippen LogP contribution < -0.4 is 9.47 Å². The normalized spacial score (nSPS) is 11.6. The lowest BCUT2D eigenvalue weighted by atomic mass is 10.3. The van der Waals surface area contributed by atoms with Crippen molar-refractivity contribution in [1.82, 2.24) is 0 Å². The molecule has 0 saturated carbocycles. The van der Waals surface area contributed by atoms with Crippen LogP contribution in [0.1, 0.15) is 0 Å². The number of hydrogen-bond acceptors (Lipinski definition) is 6. The van der Waals surface area contributed by atoms with Gasteiger partial charge in [0.15, 0.2) is 0 Å². The zero-order valence-electron chi connectivity index (χ0n) is 11.9. The van der Waals surface area contributed by atoms with Crippen LogP contribution in [0.5, 0.6) is 11.5 Å². The molecule has 0 spiro atoms. The number of nitrogens with zero attached hydrogens (tertiary/aromatic N) is 2. The number of hydrogen-bond donors (Lipinski definition) is 1. The third-order valence-corrected chi connectivity index (χ3v) is 3.63. The predicted molar refractivity (Wildman–Crippen MR) is 80.0 cm³/mol. The molecule has 0 aliphatic heterocycles. The van der Waals surface area contributed by atoms with Crippen molar-refractivity contribution >= 4 is 21.5 Å². The number of benzene rings is 2. The van der Waals surface area contributed by atoms with E-state index < -0.39 is 10.1 Å². The van der Waals surface area contributed by atoms with Gasteiger partial charge in [-0.25, -0.2) is 0 Å². The smallest absolute Gasteiger partial charge is 0.294 e. The van der Waals surface area contributed by atoms with E-state index in [1.54, 1.807) is 24.3 Å². The minimum atomic E-state index is -4.27. The lowest BCUT2D eigenvalue weighted by Gasteiger charge is -2.06. The SMILES string of the molecule is COc1ccc(N=Nc2cccc(S(=O)(=O)O)c2)c(OC)c1. The van der Waals surface area contributed by atoms with Gasteiger partial charge in [-0.15, -0.1) is 5.11 Å². The topological polar surface area (TPSA) is 97.6 Å². The molecule has 0 saturated heterocycles. The fourth-order valence-corrected chi connectivity index (χ4v) is 2.21. The molecule has 2 rings (SSSR count). The van der Waals surface area contributed by atoms with Crippen LogP contribution in [0.4, 0.5) is 11.4 Å². The number of rotatable bonds is 5. The van der Waals surface area contributed by atoms with E-state index in [1.807, 2.05) is 0 Å². The lowest BCUT2D eigenvalue weighted by molar-refractivity contribution is 0.395. The van der Waals surface area contributed by atoms with Crippen molar-refractivity contribution in [3.63, 3.8) is 0 Å². The van der Waals surface area contributed by atoms with E-state index in [0.29, 0.717) is 17.2 Å². The first kappa shape index (κ1) is 15.9. The molecule has 0 heterocycles. The molecule has 0 atom stereocenters. The van der Waals surface area contributed by atoms with Crippen LogP contribution in [0.15, 0.2) is 57.6 Å². The maximum Gasteiger partial charge on any atom is 0.294 e. The van der Waals surface area contributed by atoms with Gasteiger partial charge < -0.3 is 9.47 Å². The van der Waals surface area contributed by atoms with Crippen LogP contribution in [-0.2, 0) is 10.1 Å². The van der Waals surface area contributed by atoms with Gasteiger partial charge in [-0.1, -0.05) is 6.07 Å². The number of azo groups is 1.